The number of hydrogen-bond donors (Lipinski definition) is 2. The van der Waals surface area contributed by atoms with Crippen LogP contribution in [-0.2, 0) is 11.8 Å². The van der Waals surface area contributed by atoms with E-state index in [4.69, 9.17) is 5.73 Å². The molecule has 1 aromatic heterocycles. The number of benzene rings is 2. The van der Waals surface area contributed by atoms with Gasteiger partial charge in [0.15, 0.2) is 0 Å². The topological polar surface area (TPSA) is 54.7 Å². The molecule has 1 unspecified atom stereocenters. The lowest BCUT2D eigenvalue weighted by molar-refractivity contribution is -0.191. The number of alkyl halides is 3. The average Bonchev–Trinajstić information content (AvgIpc) is 2.95. The number of aromatic amines is 1. The Kier molecular flexibility index (Phi) is 4.76. The van der Waals surface area contributed by atoms with Crippen molar-refractivity contribution < 1.29 is 17.6 Å². The Morgan fingerprint density at radius 2 is 1.74 bits per heavy atom. The molecule has 1 atom stereocenters. The minimum atomic E-state index is -4.66. The van der Waals surface area contributed by atoms with Crippen molar-refractivity contribution in [1.29, 1.82) is 0 Å². The summed E-state index contributed by atoms with van der Waals surface area (Å²) < 4.78 is 55.4. The minimum Gasteiger partial charge on any atom is -0.342 e. The van der Waals surface area contributed by atoms with Gasteiger partial charge in [0.25, 0.3) is 0 Å². The quantitative estimate of drug-likeness (QED) is 0.621. The standard InChI is InChI=1S/C20H21F4N3/c1-18(2,13-6-5-7-14(21)10-13)12-19(25,20(22,23)24)11-17-26-15-8-3-4-9-16(15)27-17/h3-10H,11-12,25H2,1-2H3,(H,26,27). The van der Waals surface area contributed by atoms with E-state index < -0.39 is 35.8 Å². The van der Waals surface area contributed by atoms with Gasteiger partial charge in [-0.15, -0.1) is 0 Å². The molecule has 0 amide bonds. The molecule has 0 aliphatic carbocycles. The molecule has 0 aliphatic rings. The fraction of sp³-hybridized carbons (Fsp3) is 0.350. The van der Waals surface area contributed by atoms with E-state index in [1.165, 1.54) is 18.2 Å². The zero-order valence-electron chi connectivity index (χ0n) is 15.1. The Bertz CT molecular complexity index is 913. The fourth-order valence-corrected chi connectivity index (χ4v) is 3.45. The second-order valence-corrected chi connectivity index (χ2v) is 7.60. The van der Waals surface area contributed by atoms with Gasteiger partial charge in [0.2, 0.25) is 0 Å². The SMILES string of the molecule is CC(C)(CC(N)(Cc1nc2ccccc2[nH]1)C(F)(F)F)c1cccc(F)c1. The summed E-state index contributed by atoms with van der Waals surface area (Å²) in [6.45, 7) is 3.27. The molecule has 3 rings (SSSR count). The van der Waals surface area contributed by atoms with Gasteiger partial charge in [-0.2, -0.15) is 13.2 Å². The van der Waals surface area contributed by atoms with Crippen LogP contribution in [0.5, 0.6) is 0 Å². The van der Waals surface area contributed by atoms with E-state index in [0.29, 0.717) is 16.6 Å². The number of para-hydroxylation sites is 2. The van der Waals surface area contributed by atoms with E-state index in [-0.39, 0.29) is 5.82 Å². The number of nitrogens with zero attached hydrogens (tertiary/aromatic N) is 1. The summed E-state index contributed by atoms with van der Waals surface area (Å²) in [4.78, 5) is 7.14. The Labute approximate surface area is 154 Å². The molecule has 144 valence electrons. The van der Waals surface area contributed by atoms with Crippen LogP contribution in [-0.4, -0.2) is 21.7 Å². The van der Waals surface area contributed by atoms with E-state index in [0.717, 1.165) is 0 Å². The number of hydrogen-bond acceptors (Lipinski definition) is 2. The number of nitrogens with one attached hydrogen (secondary N) is 1. The monoisotopic (exact) mass is 379 g/mol. The van der Waals surface area contributed by atoms with Crippen LogP contribution in [0.2, 0.25) is 0 Å². The number of imidazole rings is 1. The maximum atomic E-state index is 13.9. The summed E-state index contributed by atoms with van der Waals surface area (Å²) in [6, 6.07) is 12.6. The normalized spacial score (nSPS) is 15.1. The maximum absolute atomic E-state index is 13.9. The third-order valence-corrected chi connectivity index (χ3v) is 4.85. The maximum Gasteiger partial charge on any atom is 0.406 e. The largest absolute Gasteiger partial charge is 0.406 e. The highest BCUT2D eigenvalue weighted by Gasteiger charge is 2.54. The molecule has 27 heavy (non-hydrogen) atoms. The van der Waals surface area contributed by atoms with Crippen molar-refractivity contribution in [1.82, 2.24) is 9.97 Å². The predicted octanol–water partition coefficient (Wildman–Crippen LogP) is 4.87. The van der Waals surface area contributed by atoms with Crippen LogP contribution in [0.3, 0.4) is 0 Å². The van der Waals surface area contributed by atoms with Gasteiger partial charge in [0.1, 0.15) is 17.2 Å². The molecule has 3 aromatic rings. The molecule has 2 aromatic carbocycles. The highest BCUT2D eigenvalue weighted by Crippen LogP contribution is 2.41. The van der Waals surface area contributed by atoms with E-state index in [1.54, 1.807) is 44.2 Å². The number of halogens is 4. The Hall–Kier alpha value is -2.41. The minimum absolute atomic E-state index is 0.172. The molecule has 3 nitrogen and oxygen atoms in total. The van der Waals surface area contributed by atoms with Gasteiger partial charge in [0.05, 0.1) is 11.0 Å². The molecule has 0 spiro atoms. The van der Waals surface area contributed by atoms with Gasteiger partial charge < -0.3 is 10.7 Å². The number of H-pyrrole nitrogens is 1. The van der Waals surface area contributed by atoms with Crippen LogP contribution in [0.15, 0.2) is 48.5 Å². The summed E-state index contributed by atoms with van der Waals surface area (Å²) in [6.07, 6.45) is -5.56. The van der Waals surface area contributed by atoms with Gasteiger partial charge in [0, 0.05) is 6.42 Å². The third kappa shape index (κ3) is 3.98. The molecule has 0 radical (unpaired) electrons. The predicted molar refractivity (Wildman–Crippen MR) is 96.8 cm³/mol. The second kappa shape index (κ2) is 6.64. The lowest BCUT2D eigenvalue weighted by Gasteiger charge is -2.38. The van der Waals surface area contributed by atoms with E-state index >= 15 is 0 Å². The molecule has 0 aliphatic heterocycles. The smallest absolute Gasteiger partial charge is 0.342 e. The molecule has 0 saturated carbocycles. The number of fused-ring (bicyclic) bond motifs is 1. The van der Waals surface area contributed by atoms with Crippen LogP contribution in [0, 0.1) is 5.82 Å². The molecular weight excluding hydrogens is 358 g/mol. The molecular formula is C20H21F4N3. The average molecular weight is 379 g/mol. The van der Waals surface area contributed by atoms with Crippen molar-refractivity contribution in [3.8, 4) is 0 Å². The number of aromatic nitrogens is 2. The number of nitrogens with two attached hydrogens (primary N) is 1. The molecule has 0 bridgehead atoms. The van der Waals surface area contributed by atoms with Crippen molar-refractivity contribution >= 4 is 11.0 Å². The first-order chi connectivity index (χ1) is 12.5. The fourth-order valence-electron chi connectivity index (χ4n) is 3.45. The van der Waals surface area contributed by atoms with E-state index in [1.807, 2.05) is 0 Å². The van der Waals surface area contributed by atoms with Crippen LogP contribution in [0.1, 0.15) is 31.7 Å². The highest BCUT2D eigenvalue weighted by atomic mass is 19.4. The first kappa shape index (κ1) is 19.4. The molecule has 0 fully saturated rings. The van der Waals surface area contributed by atoms with Gasteiger partial charge in [-0.1, -0.05) is 38.1 Å². The second-order valence-electron chi connectivity index (χ2n) is 7.60. The first-order valence-corrected chi connectivity index (χ1v) is 8.55. The van der Waals surface area contributed by atoms with Gasteiger partial charge in [-0.3, -0.25) is 0 Å². The van der Waals surface area contributed by atoms with Crippen molar-refractivity contribution in [3.05, 3.63) is 65.7 Å². The first-order valence-electron chi connectivity index (χ1n) is 8.55. The molecule has 0 saturated heterocycles. The van der Waals surface area contributed by atoms with Gasteiger partial charge in [-0.25, -0.2) is 9.37 Å². The lowest BCUT2D eigenvalue weighted by atomic mass is 9.72. The van der Waals surface area contributed by atoms with E-state index in [2.05, 4.69) is 9.97 Å². The summed E-state index contributed by atoms with van der Waals surface area (Å²) in [5, 5.41) is 0. The summed E-state index contributed by atoms with van der Waals surface area (Å²) in [5.41, 5.74) is 4.11. The highest BCUT2D eigenvalue weighted by molar-refractivity contribution is 5.74. The van der Waals surface area contributed by atoms with Crippen LogP contribution < -0.4 is 5.73 Å². The number of rotatable bonds is 5. The summed E-state index contributed by atoms with van der Waals surface area (Å²) >= 11 is 0. The summed E-state index contributed by atoms with van der Waals surface area (Å²) in [5.74, 6) is -0.321. The Balaban J connectivity index is 1.94. The zero-order valence-corrected chi connectivity index (χ0v) is 15.1. The van der Waals surface area contributed by atoms with Crippen molar-refractivity contribution in [2.45, 2.75) is 43.8 Å². The molecule has 7 heteroatoms. The van der Waals surface area contributed by atoms with Crippen LogP contribution >= 0.6 is 0 Å². The Morgan fingerprint density at radius 1 is 1.04 bits per heavy atom. The van der Waals surface area contributed by atoms with Crippen molar-refractivity contribution in [2.75, 3.05) is 0 Å². The zero-order chi connectivity index (χ0) is 19.9. The van der Waals surface area contributed by atoms with Crippen LogP contribution in [0.25, 0.3) is 11.0 Å². The molecule has 3 N–H and O–H groups in total. The molecule has 1 heterocycles. The third-order valence-electron chi connectivity index (χ3n) is 4.85. The summed E-state index contributed by atoms with van der Waals surface area (Å²) in [7, 11) is 0. The Morgan fingerprint density at radius 3 is 2.37 bits per heavy atom. The van der Waals surface area contributed by atoms with E-state index in [9.17, 15) is 17.6 Å². The van der Waals surface area contributed by atoms with Crippen LogP contribution in [0.4, 0.5) is 17.6 Å². The van der Waals surface area contributed by atoms with Crippen molar-refractivity contribution in [3.63, 3.8) is 0 Å². The van der Waals surface area contributed by atoms with Crippen molar-refractivity contribution in [2.24, 2.45) is 5.73 Å². The lowest BCUT2D eigenvalue weighted by Crippen LogP contribution is -2.58. The van der Waals surface area contributed by atoms with Gasteiger partial charge in [-0.05, 0) is 41.7 Å². The van der Waals surface area contributed by atoms with Gasteiger partial charge >= 0.3 is 6.18 Å².